The van der Waals surface area contributed by atoms with Crippen LogP contribution >= 0.6 is 0 Å². The smallest absolute Gasteiger partial charge is 0.384 e. The highest BCUT2D eigenvalue weighted by Crippen LogP contribution is 2.61. The Morgan fingerprint density at radius 1 is 0.795 bits per heavy atom. The van der Waals surface area contributed by atoms with Crippen molar-refractivity contribution in [3.8, 4) is 0 Å². The lowest BCUT2D eigenvalue weighted by Gasteiger charge is -2.42. The highest BCUT2D eigenvalue weighted by atomic mass is 19.4. The standard InChI is InChI=1S/C21H19F13O5/c1-15(2)38-12-10(36-8-9-6-4-3-5-7-9)11(37-14(12)39-15)13(35)16(22,23)17(24,25)18(26,27)19(28,29)20(30,31)21(32,33)34/h3-7,10-14,35H,8H2,1-2H3/t10-,11-,12+,13-,14+/m0/s1. The lowest BCUT2D eigenvalue weighted by Crippen LogP contribution is -2.72. The number of ether oxygens (including phenoxy) is 4. The lowest BCUT2D eigenvalue weighted by molar-refractivity contribution is -0.446. The molecule has 0 bridgehead atoms. The largest absolute Gasteiger partial charge is 0.460 e. The molecule has 2 aliphatic heterocycles. The first kappa shape index (κ1) is 31.6. The van der Waals surface area contributed by atoms with E-state index in [1.807, 2.05) is 0 Å². The van der Waals surface area contributed by atoms with Gasteiger partial charge in [0.25, 0.3) is 0 Å². The van der Waals surface area contributed by atoms with E-state index in [2.05, 4.69) is 0 Å². The molecule has 2 aliphatic rings. The normalized spacial score (nSPS) is 27.5. The van der Waals surface area contributed by atoms with E-state index < -0.39 is 78.9 Å². The number of hydrogen-bond acceptors (Lipinski definition) is 5. The van der Waals surface area contributed by atoms with Gasteiger partial charge in [0.2, 0.25) is 0 Å². The van der Waals surface area contributed by atoms with Gasteiger partial charge in [-0.3, -0.25) is 0 Å². The third-order valence-electron chi connectivity index (χ3n) is 5.95. The van der Waals surface area contributed by atoms with Crippen LogP contribution in [0.25, 0.3) is 0 Å². The average molecular weight is 598 g/mol. The van der Waals surface area contributed by atoms with Crippen LogP contribution in [-0.4, -0.2) is 77.4 Å². The van der Waals surface area contributed by atoms with Crippen molar-refractivity contribution in [1.82, 2.24) is 0 Å². The third-order valence-corrected chi connectivity index (χ3v) is 5.95. The molecule has 0 saturated carbocycles. The van der Waals surface area contributed by atoms with Crippen molar-refractivity contribution >= 4 is 0 Å². The van der Waals surface area contributed by atoms with Crippen molar-refractivity contribution < 1.29 is 81.1 Å². The maximum absolute atomic E-state index is 14.7. The van der Waals surface area contributed by atoms with Crippen LogP contribution in [0, 0.1) is 0 Å². The van der Waals surface area contributed by atoms with Gasteiger partial charge in [-0.1, -0.05) is 30.3 Å². The fourth-order valence-corrected chi connectivity index (χ4v) is 3.89. The Bertz CT molecular complexity index is 1020. The molecule has 0 radical (unpaired) electrons. The number of alkyl halides is 13. The van der Waals surface area contributed by atoms with Crippen LogP contribution in [-0.2, 0) is 25.6 Å². The minimum Gasteiger partial charge on any atom is -0.384 e. The van der Waals surface area contributed by atoms with Crippen LogP contribution in [0.4, 0.5) is 57.1 Å². The van der Waals surface area contributed by atoms with Crippen LogP contribution in [0.2, 0.25) is 0 Å². The fourth-order valence-electron chi connectivity index (χ4n) is 3.89. The summed E-state index contributed by atoms with van der Waals surface area (Å²) in [6.45, 7) is 2.04. The maximum Gasteiger partial charge on any atom is 0.460 e. The second-order valence-corrected chi connectivity index (χ2v) is 9.19. The van der Waals surface area contributed by atoms with Gasteiger partial charge in [0.05, 0.1) is 6.61 Å². The van der Waals surface area contributed by atoms with E-state index >= 15 is 0 Å². The lowest BCUT2D eigenvalue weighted by atomic mass is 9.88. The van der Waals surface area contributed by atoms with E-state index in [4.69, 9.17) is 18.9 Å². The zero-order valence-corrected chi connectivity index (χ0v) is 19.5. The predicted octanol–water partition coefficient (Wildman–Crippen LogP) is 5.55. The number of aliphatic hydroxyl groups excluding tert-OH is 1. The van der Waals surface area contributed by atoms with E-state index in [9.17, 15) is 62.2 Å². The number of hydrogen-bond donors (Lipinski definition) is 1. The molecular weight excluding hydrogens is 579 g/mol. The van der Waals surface area contributed by atoms with Crippen molar-refractivity contribution in [3.05, 3.63) is 35.9 Å². The Kier molecular flexibility index (Phi) is 7.78. The van der Waals surface area contributed by atoms with E-state index in [-0.39, 0.29) is 0 Å². The molecule has 5 nitrogen and oxygen atoms in total. The summed E-state index contributed by atoms with van der Waals surface area (Å²) in [5.74, 6) is -40.1. The van der Waals surface area contributed by atoms with Gasteiger partial charge in [0.1, 0.15) is 18.3 Å². The van der Waals surface area contributed by atoms with Crippen molar-refractivity contribution in [2.45, 2.75) is 92.7 Å². The SMILES string of the molecule is CC1(C)O[C@H]2O[C@H]([C@H](O)C(F)(F)C(F)(F)C(F)(F)C(F)(F)C(F)(F)C(F)(F)F)[C@H](OCc3ccccc3)[C@H]2O1. The molecule has 2 saturated heterocycles. The summed E-state index contributed by atoms with van der Waals surface area (Å²) in [5, 5.41) is 10.0. The Morgan fingerprint density at radius 3 is 1.82 bits per heavy atom. The molecular formula is C21H19F13O5. The minimum atomic E-state index is -8.10. The zero-order valence-electron chi connectivity index (χ0n) is 19.5. The first-order valence-corrected chi connectivity index (χ1v) is 10.7. The highest BCUT2D eigenvalue weighted by molar-refractivity contribution is 5.15. The van der Waals surface area contributed by atoms with Gasteiger partial charge in [0, 0.05) is 0 Å². The molecule has 2 fully saturated rings. The van der Waals surface area contributed by atoms with Gasteiger partial charge >= 0.3 is 35.8 Å². The first-order chi connectivity index (χ1) is 17.4. The molecule has 3 rings (SSSR count). The Hall–Kier alpha value is -1.89. The number of aliphatic hydroxyl groups is 1. The van der Waals surface area contributed by atoms with Gasteiger partial charge in [-0.05, 0) is 19.4 Å². The Labute approximate surface area is 210 Å². The zero-order chi connectivity index (χ0) is 30.0. The number of rotatable bonds is 9. The third kappa shape index (κ3) is 4.95. The number of benzene rings is 1. The average Bonchev–Trinajstić information content (AvgIpc) is 3.27. The topological polar surface area (TPSA) is 57.2 Å². The maximum atomic E-state index is 14.7. The molecule has 0 aliphatic carbocycles. The van der Waals surface area contributed by atoms with Crippen LogP contribution in [0.15, 0.2) is 30.3 Å². The van der Waals surface area contributed by atoms with E-state index in [0.717, 1.165) is 0 Å². The highest BCUT2D eigenvalue weighted by Gasteiger charge is 2.91. The van der Waals surface area contributed by atoms with Gasteiger partial charge in [-0.15, -0.1) is 0 Å². The first-order valence-electron chi connectivity index (χ1n) is 10.7. The second-order valence-electron chi connectivity index (χ2n) is 9.19. The fraction of sp³-hybridized carbons (Fsp3) is 0.714. The van der Waals surface area contributed by atoms with Crippen LogP contribution in [0.1, 0.15) is 19.4 Å². The van der Waals surface area contributed by atoms with Crippen molar-refractivity contribution in [1.29, 1.82) is 0 Å². The summed E-state index contributed by atoms with van der Waals surface area (Å²) in [7, 11) is 0. The van der Waals surface area contributed by atoms with Crippen molar-refractivity contribution in [3.63, 3.8) is 0 Å². The van der Waals surface area contributed by atoms with Gasteiger partial charge in [-0.2, -0.15) is 57.1 Å². The number of halogens is 13. The molecule has 0 spiro atoms. The molecule has 0 aromatic heterocycles. The summed E-state index contributed by atoms with van der Waals surface area (Å²) in [6, 6.07) is 7.40. The molecule has 0 unspecified atom stereocenters. The molecule has 1 aromatic carbocycles. The molecule has 1 aromatic rings. The number of fused-ring (bicyclic) bond motifs is 1. The molecule has 39 heavy (non-hydrogen) atoms. The molecule has 5 atom stereocenters. The quantitative estimate of drug-likeness (QED) is 0.378. The molecule has 224 valence electrons. The summed E-state index contributed by atoms with van der Waals surface area (Å²) < 4.78 is 197. The van der Waals surface area contributed by atoms with E-state index in [0.29, 0.717) is 5.56 Å². The van der Waals surface area contributed by atoms with Gasteiger partial charge in [0.15, 0.2) is 18.2 Å². The monoisotopic (exact) mass is 598 g/mol. The van der Waals surface area contributed by atoms with Crippen molar-refractivity contribution in [2.75, 3.05) is 0 Å². The Morgan fingerprint density at radius 2 is 1.31 bits per heavy atom. The molecule has 2 heterocycles. The van der Waals surface area contributed by atoms with Crippen LogP contribution in [0.3, 0.4) is 0 Å². The second kappa shape index (κ2) is 9.60. The van der Waals surface area contributed by atoms with Gasteiger partial charge < -0.3 is 24.1 Å². The minimum absolute atomic E-state index is 0.324. The molecule has 1 N–H and O–H groups in total. The summed E-state index contributed by atoms with van der Waals surface area (Å²) in [6.07, 6.45) is -20.0. The Balaban J connectivity index is 1.96. The summed E-state index contributed by atoms with van der Waals surface area (Å²) >= 11 is 0. The van der Waals surface area contributed by atoms with E-state index in [1.165, 1.54) is 38.1 Å². The predicted molar refractivity (Wildman–Crippen MR) is 101 cm³/mol. The van der Waals surface area contributed by atoms with Crippen molar-refractivity contribution in [2.24, 2.45) is 0 Å². The van der Waals surface area contributed by atoms with Crippen LogP contribution < -0.4 is 0 Å². The summed E-state index contributed by atoms with van der Waals surface area (Å²) in [5.41, 5.74) is 0.324. The molecule has 0 amide bonds. The van der Waals surface area contributed by atoms with Gasteiger partial charge in [-0.25, -0.2) is 0 Å². The molecule has 18 heteroatoms. The van der Waals surface area contributed by atoms with E-state index in [1.54, 1.807) is 6.07 Å². The van der Waals surface area contributed by atoms with Crippen LogP contribution in [0.5, 0.6) is 0 Å². The summed E-state index contributed by atoms with van der Waals surface area (Å²) in [4.78, 5) is 0.